The van der Waals surface area contributed by atoms with Gasteiger partial charge in [-0.3, -0.25) is 10.1 Å². The van der Waals surface area contributed by atoms with Crippen molar-refractivity contribution in [1.82, 2.24) is 4.98 Å². The first-order valence-electron chi connectivity index (χ1n) is 5.18. The van der Waals surface area contributed by atoms with Crippen molar-refractivity contribution in [3.05, 3.63) is 44.6 Å². The Labute approximate surface area is 116 Å². The van der Waals surface area contributed by atoms with Gasteiger partial charge >= 0.3 is 0 Å². The van der Waals surface area contributed by atoms with E-state index in [9.17, 15) is 9.18 Å². The number of nitrogens with one attached hydrogen (secondary N) is 1. The summed E-state index contributed by atoms with van der Waals surface area (Å²) in [5.74, 6) is -0.829. The molecule has 3 nitrogen and oxygen atoms in total. The number of amides is 1. The van der Waals surface area contributed by atoms with Crippen LogP contribution >= 0.6 is 27.3 Å². The van der Waals surface area contributed by atoms with E-state index in [4.69, 9.17) is 0 Å². The van der Waals surface area contributed by atoms with Crippen molar-refractivity contribution >= 4 is 38.3 Å². The number of rotatable bonds is 2. The molecule has 1 amide bonds. The molecular weight excluding hydrogens is 319 g/mol. The molecule has 94 valence electrons. The number of halogens is 2. The zero-order chi connectivity index (χ0) is 13.3. The normalized spacial score (nSPS) is 10.4. The topological polar surface area (TPSA) is 42.0 Å². The summed E-state index contributed by atoms with van der Waals surface area (Å²) in [4.78, 5) is 17.2. The van der Waals surface area contributed by atoms with Crippen molar-refractivity contribution in [1.29, 1.82) is 0 Å². The Hall–Kier alpha value is -1.27. The van der Waals surface area contributed by atoms with Crippen LogP contribution in [0.5, 0.6) is 0 Å². The zero-order valence-corrected chi connectivity index (χ0v) is 12.2. The summed E-state index contributed by atoms with van der Waals surface area (Å²) in [6.07, 6.45) is 0. The van der Waals surface area contributed by atoms with Crippen LogP contribution in [0, 0.1) is 19.7 Å². The van der Waals surface area contributed by atoms with E-state index in [1.165, 1.54) is 29.5 Å². The summed E-state index contributed by atoms with van der Waals surface area (Å²) >= 11 is 4.61. The lowest BCUT2D eigenvalue weighted by molar-refractivity contribution is 0.102. The number of carbonyl (C=O) groups is 1. The molecule has 1 N–H and O–H groups in total. The number of benzene rings is 1. The van der Waals surface area contributed by atoms with Crippen LogP contribution in [0.2, 0.25) is 0 Å². The third-order valence-corrected chi connectivity index (χ3v) is 4.10. The minimum atomic E-state index is -0.449. The fourth-order valence-corrected chi connectivity index (χ4v) is 2.60. The summed E-state index contributed by atoms with van der Waals surface area (Å²) < 4.78 is 13.6. The van der Waals surface area contributed by atoms with E-state index in [0.29, 0.717) is 9.60 Å². The van der Waals surface area contributed by atoms with Gasteiger partial charge in [-0.15, -0.1) is 11.3 Å². The second kappa shape index (κ2) is 5.16. The molecule has 2 aromatic rings. The van der Waals surface area contributed by atoms with Crippen LogP contribution in [0.3, 0.4) is 0 Å². The van der Waals surface area contributed by atoms with Crippen molar-refractivity contribution in [2.75, 3.05) is 5.32 Å². The Morgan fingerprint density at radius 2 is 2.17 bits per heavy atom. The maximum atomic E-state index is 13.1. The largest absolute Gasteiger partial charge is 0.298 e. The Bertz CT molecular complexity index is 593. The second-order valence-electron chi connectivity index (χ2n) is 3.74. The Kier molecular flexibility index (Phi) is 3.77. The summed E-state index contributed by atoms with van der Waals surface area (Å²) in [7, 11) is 0. The standard InChI is InChI=1S/C12H10BrFN2OS/c1-6-7(2)18-12(15-6)16-11(17)9-5-8(14)3-4-10(9)13/h3-5H,1-2H3,(H,15,16,17). The van der Waals surface area contributed by atoms with Crippen molar-refractivity contribution in [2.45, 2.75) is 13.8 Å². The molecule has 0 saturated carbocycles. The molecule has 0 aliphatic carbocycles. The van der Waals surface area contributed by atoms with E-state index < -0.39 is 5.82 Å². The molecule has 0 aliphatic rings. The molecule has 2 rings (SSSR count). The molecule has 1 heterocycles. The molecule has 6 heteroatoms. The molecule has 0 bridgehead atoms. The SMILES string of the molecule is Cc1nc(NC(=O)c2cc(F)ccc2Br)sc1C. The summed E-state index contributed by atoms with van der Waals surface area (Å²) in [6, 6.07) is 3.98. The van der Waals surface area contributed by atoms with Crippen molar-refractivity contribution in [3.63, 3.8) is 0 Å². The number of anilines is 1. The monoisotopic (exact) mass is 328 g/mol. The van der Waals surface area contributed by atoms with E-state index >= 15 is 0 Å². The second-order valence-corrected chi connectivity index (χ2v) is 5.80. The molecule has 18 heavy (non-hydrogen) atoms. The predicted octanol–water partition coefficient (Wildman–Crippen LogP) is 3.91. The minimum Gasteiger partial charge on any atom is -0.298 e. The van der Waals surface area contributed by atoms with E-state index in [-0.39, 0.29) is 11.5 Å². The number of nitrogens with zero attached hydrogens (tertiary/aromatic N) is 1. The molecule has 0 fully saturated rings. The molecule has 0 aliphatic heterocycles. The van der Waals surface area contributed by atoms with Gasteiger partial charge in [-0.1, -0.05) is 0 Å². The Balaban J connectivity index is 2.24. The number of hydrogen-bond acceptors (Lipinski definition) is 3. The number of aryl methyl sites for hydroxylation is 2. The average molecular weight is 329 g/mol. The fourth-order valence-electron chi connectivity index (χ4n) is 1.36. The smallest absolute Gasteiger partial charge is 0.258 e. The Morgan fingerprint density at radius 3 is 2.78 bits per heavy atom. The van der Waals surface area contributed by atoms with Gasteiger partial charge < -0.3 is 0 Å². The lowest BCUT2D eigenvalue weighted by atomic mass is 10.2. The van der Waals surface area contributed by atoms with Crippen LogP contribution in [-0.4, -0.2) is 10.9 Å². The van der Waals surface area contributed by atoms with Crippen LogP contribution in [0.4, 0.5) is 9.52 Å². The number of thiazole rings is 1. The van der Waals surface area contributed by atoms with Crippen molar-refractivity contribution < 1.29 is 9.18 Å². The van der Waals surface area contributed by atoms with Gasteiger partial charge in [-0.25, -0.2) is 9.37 Å². The van der Waals surface area contributed by atoms with Gasteiger partial charge in [0.25, 0.3) is 5.91 Å². The van der Waals surface area contributed by atoms with E-state index in [1.54, 1.807) is 0 Å². The predicted molar refractivity (Wildman–Crippen MR) is 73.6 cm³/mol. The summed E-state index contributed by atoms with van der Waals surface area (Å²) in [5.41, 5.74) is 1.13. The highest BCUT2D eigenvalue weighted by molar-refractivity contribution is 9.10. The van der Waals surface area contributed by atoms with Crippen LogP contribution in [0.25, 0.3) is 0 Å². The quantitative estimate of drug-likeness (QED) is 0.907. The third kappa shape index (κ3) is 2.76. The van der Waals surface area contributed by atoms with E-state index in [1.807, 2.05) is 13.8 Å². The molecule has 0 spiro atoms. The maximum absolute atomic E-state index is 13.1. The third-order valence-electron chi connectivity index (χ3n) is 2.42. The highest BCUT2D eigenvalue weighted by Gasteiger charge is 2.13. The summed E-state index contributed by atoms with van der Waals surface area (Å²) in [6.45, 7) is 3.81. The highest BCUT2D eigenvalue weighted by atomic mass is 79.9. The molecule has 1 aromatic carbocycles. The molecule has 1 aromatic heterocycles. The van der Waals surface area contributed by atoms with Crippen LogP contribution in [0.15, 0.2) is 22.7 Å². The van der Waals surface area contributed by atoms with Crippen molar-refractivity contribution in [2.24, 2.45) is 0 Å². The van der Waals surface area contributed by atoms with Gasteiger partial charge in [-0.2, -0.15) is 0 Å². The highest BCUT2D eigenvalue weighted by Crippen LogP contribution is 2.23. The maximum Gasteiger partial charge on any atom is 0.258 e. The molecule has 0 saturated heterocycles. The van der Waals surface area contributed by atoms with Gasteiger partial charge in [0, 0.05) is 9.35 Å². The van der Waals surface area contributed by atoms with Crippen LogP contribution < -0.4 is 5.32 Å². The first-order chi connectivity index (χ1) is 8.47. The van der Waals surface area contributed by atoms with Crippen molar-refractivity contribution in [3.8, 4) is 0 Å². The zero-order valence-electron chi connectivity index (χ0n) is 9.75. The lowest BCUT2D eigenvalue weighted by Crippen LogP contribution is -2.12. The van der Waals surface area contributed by atoms with Gasteiger partial charge in [0.15, 0.2) is 5.13 Å². The number of aromatic nitrogens is 1. The van der Waals surface area contributed by atoms with Gasteiger partial charge in [-0.05, 0) is 48.0 Å². The minimum absolute atomic E-state index is 0.250. The average Bonchev–Trinajstić information content (AvgIpc) is 2.61. The Morgan fingerprint density at radius 1 is 1.44 bits per heavy atom. The first-order valence-corrected chi connectivity index (χ1v) is 6.79. The number of hydrogen-bond donors (Lipinski definition) is 1. The van der Waals surface area contributed by atoms with Gasteiger partial charge in [0.05, 0.1) is 11.3 Å². The van der Waals surface area contributed by atoms with E-state index in [2.05, 4.69) is 26.2 Å². The lowest BCUT2D eigenvalue weighted by Gasteiger charge is -2.04. The number of carbonyl (C=O) groups excluding carboxylic acids is 1. The molecule has 0 radical (unpaired) electrons. The van der Waals surface area contributed by atoms with Gasteiger partial charge in [0.1, 0.15) is 5.82 Å². The van der Waals surface area contributed by atoms with Crippen LogP contribution in [0.1, 0.15) is 20.9 Å². The molecular formula is C12H10BrFN2OS. The first kappa shape index (κ1) is 13.2. The molecule has 0 unspecified atom stereocenters. The van der Waals surface area contributed by atoms with Gasteiger partial charge in [0.2, 0.25) is 0 Å². The summed E-state index contributed by atoms with van der Waals surface area (Å²) in [5, 5.41) is 3.18. The fraction of sp³-hybridized carbons (Fsp3) is 0.167. The van der Waals surface area contributed by atoms with E-state index in [0.717, 1.165) is 10.6 Å². The molecule has 0 atom stereocenters. The van der Waals surface area contributed by atoms with Crippen LogP contribution in [-0.2, 0) is 0 Å².